The molecule has 1 aliphatic carbocycles. The molecule has 2 aliphatic heterocycles. The summed E-state index contributed by atoms with van der Waals surface area (Å²) in [6, 6.07) is 4.47. The molecule has 2 N–H and O–H groups in total. The van der Waals surface area contributed by atoms with Gasteiger partial charge < -0.3 is 19.7 Å². The number of ketones is 2. The van der Waals surface area contributed by atoms with Crippen LogP contribution in [0.25, 0.3) is 0 Å². The van der Waals surface area contributed by atoms with Gasteiger partial charge in [-0.2, -0.15) is 0 Å². The van der Waals surface area contributed by atoms with E-state index in [2.05, 4.69) is 0 Å². The summed E-state index contributed by atoms with van der Waals surface area (Å²) in [6.07, 6.45) is -0.300. The third kappa shape index (κ3) is 1.36. The van der Waals surface area contributed by atoms with Crippen molar-refractivity contribution in [3.63, 3.8) is 0 Å². The molecular formula is C16H16O6. The number of carbonyl (C=O) groups excluding carboxylic acids is 2. The first kappa shape index (κ1) is 13.9. The van der Waals surface area contributed by atoms with Crippen molar-refractivity contribution in [3.05, 3.63) is 29.3 Å². The van der Waals surface area contributed by atoms with Crippen LogP contribution in [0, 0.1) is 0 Å². The zero-order valence-electron chi connectivity index (χ0n) is 12.0. The van der Waals surface area contributed by atoms with Gasteiger partial charge in [0.05, 0.1) is 17.8 Å². The number of phenols is 1. The van der Waals surface area contributed by atoms with E-state index in [1.165, 1.54) is 12.1 Å². The highest BCUT2D eigenvalue weighted by atomic mass is 16.7. The molecule has 6 heteroatoms. The highest BCUT2D eigenvalue weighted by Gasteiger charge is 2.85. The smallest absolute Gasteiger partial charge is 0.205 e. The molecule has 0 spiro atoms. The Hall–Kier alpha value is -1.76. The third-order valence-electron chi connectivity index (χ3n) is 5.05. The van der Waals surface area contributed by atoms with Crippen LogP contribution in [0.5, 0.6) is 5.75 Å². The van der Waals surface area contributed by atoms with E-state index < -0.39 is 23.1 Å². The molecule has 1 aromatic rings. The first-order valence-corrected chi connectivity index (χ1v) is 7.36. The molecule has 0 amide bonds. The maximum atomic E-state index is 12.9. The molecular weight excluding hydrogens is 288 g/mol. The maximum Gasteiger partial charge on any atom is 0.205 e. The number of carbonyl (C=O) groups is 2. The molecule has 3 aliphatic rings. The number of fused-ring (bicyclic) bond motifs is 1. The number of rotatable bonds is 2. The Morgan fingerprint density at radius 3 is 2.82 bits per heavy atom. The van der Waals surface area contributed by atoms with Gasteiger partial charge in [-0.15, -0.1) is 0 Å². The number of epoxide rings is 1. The van der Waals surface area contributed by atoms with Crippen molar-refractivity contribution in [1.82, 2.24) is 0 Å². The Labute approximate surface area is 126 Å². The largest absolute Gasteiger partial charge is 0.507 e. The molecule has 116 valence electrons. The Bertz CT molecular complexity index is 698. The molecule has 1 aromatic carbocycles. The highest BCUT2D eigenvalue weighted by Crippen LogP contribution is 2.63. The molecule has 6 nitrogen and oxygen atoms in total. The van der Waals surface area contributed by atoms with Gasteiger partial charge in [-0.05, 0) is 19.4 Å². The first-order chi connectivity index (χ1) is 10.5. The Kier molecular flexibility index (Phi) is 2.62. The van der Waals surface area contributed by atoms with Crippen LogP contribution in [0.3, 0.4) is 0 Å². The zero-order chi connectivity index (χ0) is 15.7. The van der Waals surface area contributed by atoms with Crippen molar-refractivity contribution in [2.45, 2.75) is 43.2 Å². The molecule has 4 atom stereocenters. The van der Waals surface area contributed by atoms with Gasteiger partial charge in [-0.1, -0.05) is 12.1 Å². The van der Waals surface area contributed by atoms with Gasteiger partial charge in [0.1, 0.15) is 5.75 Å². The molecule has 0 radical (unpaired) electrons. The molecule has 0 aromatic heterocycles. The van der Waals surface area contributed by atoms with Crippen LogP contribution in [-0.4, -0.2) is 51.8 Å². The van der Waals surface area contributed by atoms with E-state index in [1.807, 2.05) is 0 Å². The highest BCUT2D eigenvalue weighted by molar-refractivity contribution is 6.26. The average Bonchev–Trinajstić information content (AvgIpc) is 3.18. The summed E-state index contributed by atoms with van der Waals surface area (Å²) < 4.78 is 11.5. The van der Waals surface area contributed by atoms with Crippen molar-refractivity contribution >= 4 is 11.6 Å². The summed E-state index contributed by atoms with van der Waals surface area (Å²) in [7, 11) is 0. The van der Waals surface area contributed by atoms with E-state index in [0.29, 0.717) is 6.42 Å². The summed E-state index contributed by atoms with van der Waals surface area (Å²) >= 11 is 0. The van der Waals surface area contributed by atoms with E-state index in [-0.39, 0.29) is 41.8 Å². The summed E-state index contributed by atoms with van der Waals surface area (Å²) in [6.45, 7) is 1.64. The van der Waals surface area contributed by atoms with Crippen molar-refractivity contribution in [3.8, 4) is 5.75 Å². The van der Waals surface area contributed by atoms with Gasteiger partial charge >= 0.3 is 0 Å². The second-order valence-electron chi connectivity index (χ2n) is 6.14. The summed E-state index contributed by atoms with van der Waals surface area (Å²) in [5.74, 6) is -0.884. The summed E-state index contributed by atoms with van der Waals surface area (Å²) in [5.41, 5.74) is -2.31. The first-order valence-electron chi connectivity index (χ1n) is 7.36. The van der Waals surface area contributed by atoms with Gasteiger partial charge in [-0.3, -0.25) is 9.59 Å². The monoisotopic (exact) mass is 304 g/mol. The average molecular weight is 304 g/mol. The van der Waals surface area contributed by atoms with Crippen molar-refractivity contribution < 1.29 is 29.3 Å². The molecule has 22 heavy (non-hydrogen) atoms. The fourth-order valence-electron chi connectivity index (χ4n) is 4.01. The van der Waals surface area contributed by atoms with Gasteiger partial charge in [0.25, 0.3) is 0 Å². The second-order valence-corrected chi connectivity index (χ2v) is 6.14. The fraction of sp³-hybridized carbons (Fsp3) is 0.500. The number of ether oxygens (including phenoxy) is 2. The van der Waals surface area contributed by atoms with Crippen molar-refractivity contribution in [2.75, 3.05) is 6.61 Å². The zero-order valence-corrected chi connectivity index (χ0v) is 12.0. The second kappa shape index (κ2) is 4.16. The molecule has 0 saturated carbocycles. The summed E-state index contributed by atoms with van der Waals surface area (Å²) in [5, 5.41) is 19.1. The van der Waals surface area contributed by atoms with E-state index >= 15 is 0 Å². The van der Waals surface area contributed by atoms with Gasteiger partial charge in [0.15, 0.2) is 17.0 Å². The van der Waals surface area contributed by atoms with E-state index in [1.54, 1.807) is 13.0 Å². The molecule has 2 heterocycles. The van der Waals surface area contributed by atoms with Crippen LogP contribution in [-0.2, 0) is 9.47 Å². The van der Waals surface area contributed by atoms with Crippen LogP contribution < -0.4 is 0 Å². The number of aliphatic hydroxyl groups is 1. The van der Waals surface area contributed by atoms with E-state index in [9.17, 15) is 14.7 Å². The Morgan fingerprint density at radius 1 is 1.32 bits per heavy atom. The van der Waals surface area contributed by atoms with Gasteiger partial charge in [-0.25, -0.2) is 0 Å². The lowest BCUT2D eigenvalue weighted by molar-refractivity contribution is -0.0622. The number of benzene rings is 1. The molecule has 2 saturated heterocycles. The van der Waals surface area contributed by atoms with Crippen molar-refractivity contribution in [2.24, 2.45) is 0 Å². The lowest BCUT2D eigenvalue weighted by Gasteiger charge is -2.37. The van der Waals surface area contributed by atoms with Crippen LogP contribution in [0.4, 0.5) is 0 Å². The minimum atomic E-state index is -1.33. The van der Waals surface area contributed by atoms with Crippen LogP contribution in [0.1, 0.15) is 40.5 Å². The van der Waals surface area contributed by atoms with Gasteiger partial charge in [0.2, 0.25) is 5.78 Å². The molecule has 4 unspecified atom stereocenters. The van der Waals surface area contributed by atoms with E-state index in [0.717, 1.165) is 0 Å². The quantitative estimate of drug-likeness (QED) is 0.786. The number of aromatic hydroxyl groups is 1. The maximum absolute atomic E-state index is 12.9. The number of hydrogen-bond donors (Lipinski definition) is 2. The standard InChI is InChI=1S/C16H16O6/c1-8-16-14(20)12-10(3-2-4-11(12)18)13(19)15(16,22-16)7-9(21-8)5-6-17/h2-4,8-9,17-18H,5-7H2,1H3. The summed E-state index contributed by atoms with van der Waals surface area (Å²) in [4.78, 5) is 25.8. The topological polar surface area (TPSA) is 96.4 Å². The van der Waals surface area contributed by atoms with Crippen LogP contribution in [0.2, 0.25) is 0 Å². The lowest BCUT2D eigenvalue weighted by Crippen LogP contribution is -2.57. The predicted octanol–water partition coefficient (Wildman–Crippen LogP) is 0.839. The van der Waals surface area contributed by atoms with E-state index in [4.69, 9.17) is 14.6 Å². The molecule has 0 bridgehead atoms. The van der Waals surface area contributed by atoms with Crippen LogP contribution in [0.15, 0.2) is 18.2 Å². The number of hydrogen-bond acceptors (Lipinski definition) is 6. The SMILES string of the molecule is CC1OC(CCO)CC23OC12C(=O)c1c(O)cccc1C3=O. The number of aliphatic hydroxyl groups excluding tert-OH is 1. The Balaban J connectivity index is 1.86. The normalized spacial score (nSPS) is 39.0. The third-order valence-corrected chi connectivity index (χ3v) is 5.05. The Morgan fingerprint density at radius 2 is 2.09 bits per heavy atom. The minimum absolute atomic E-state index is 0.0247. The van der Waals surface area contributed by atoms with Crippen molar-refractivity contribution in [1.29, 1.82) is 0 Å². The van der Waals surface area contributed by atoms with Crippen LogP contribution >= 0.6 is 0 Å². The number of phenolic OH excluding ortho intramolecular Hbond substituents is 1. The predicted molar refractivity (Wildman–Crippen MR) is 74.0 cm³/mol. The lowest BCUT2D eigenvalue weighted by atomic mass is 9.68. The van der Waals surface area contributed by atoms with Gasteiger partial charge in [0, 0.05) is 18.6 Å². The molecule has 2 fully saturated rings. The molecule has 4 rings (SSSR count). The fourth-order valence-corrected chi connectivity index (χ4v) is 4.01. The minimum Gasteiger partial charge on any atom is -0.507 e. The number of Topliss-reactive ketones (excluding diaryl/α,β-unsaturated/α-hetero) is 2.